The molecule has 0 aromatic carbocycles. The Kier molecular flexibility index (Phi) is 12.5. The maximum atomic E-state index is 10.3. The van der Waals surface area contributed by atoms with Crippen LogP contribution in [-0.4, -0.2) is 77.2 Å². The number of imidazole rings is 2. The maximum Gasteiger partial charge on any atom is 0.321 e. The van der Waals surface area contributed by atoms with Gasteiger partial charge in [-0.25, -0.2) is 9.97 Å². The molecule has 2 heterocycles. The Labute approximate surface area is 175 Å². The monoisotopic (exact) mass is 442 g/mol. The third-order valence-electron chi connectivity index (χ3n) is 3.34. The Morgan fingerprint density at radius 1 is 0.774 bits per heavy atom. The number of nitrogens with one attached hydrogen (secondary N) is 2. The first-order valence-electron chi connectivity index (χ1n) is 8.62. The Bertz CT molecular complexity index is 758. The standard InChI is InChI=1S/2C6H9N3O2.C4H8N2O3/c2*7-5(6(10)11)1-4-2-8-3-9-4;5-2(4(8)9)1-3(6)7/h2*2-3,5H,1,7H2,(H,8,9)(H,10,11);2H,1,5H2,(H2,6,7)(H,8,9). The van der Waals surface area contributed by atoms with Crippen molar-refractivity contribution in [3.05, 3.63) is 36.4 Å². The molecule has 0 radical (unpaired) electrons. The van der Waals surface area contributed by atoms with Crippen molar-refractivity contribution in [2.75, 3.05) is 0 Å². The maximum absolute atomic E-state index is 10.3. The van der Waals surface area contributed by atoms with Gasteiger partial charge in [0.2, 0.25) is 5.91 Å². The van der Waals surface area contributed by atoms with E-state index in [0.717, 1.165) is 0 Å². The SMILES string of the molecule is NC(=O)CC(N)C(=O)O.NC(Cc1c[nH]cn1)C(=O)O.NC(Cc1c[nH]cn1)C(=O)O. The fraction of sp³-hybridized carbons (Fsp3) is 0.375. The van der Waals surface area contributed by atoms with Crippen LogP contribution in [0.4, 0.5) is 0 Å². The number of nitrogens with zero attached hydrogens (tertiary/aromatic N) is 2. The third kappa shape index (κ3) is 13.1. The summed E-state index contributed by atoms with van der Waals surface area (Å²) >= 11 is 0. The second-order valence-corrected chi connectivity index (χ2v) is 6.03. The van der Waals surface area contributed by atoms with Crippen LogP contribution in [0.2, 0.25) is 0 Å². The smallest absolute Gasteiger partial charge is 0.321 e. The number of aromatic nitrogens is 4. The van der Waals surface area contributed by atoms with Gasteiger partial charge in [-0.2, -0.15) is 0 Å². The number of primary amides is 1. The lowest BCUT2D eigenvalue weighted by molar-refractivity contribution is -0.140. The number of carboxylic acids is 3. The molecule has 0 saturated heterocycles. The van der Waals surface area contributed by atoms with E-state index in [1.165, 1.54) is 12.7 Å². The number of carbonyl (C=O) groups is 4. The van der Waals surface area contributed by atoms with Crippen LogP contribution in [0.25, 0.3) is 0 Å². The molecule has 0 spiro atoms. The van der Waals surface area contributed by atoms with E-state index in [1.807, 2.05) is 0 Å². The number of rotatable bonds is 9. The minimum Gasteiger partial charge on any atom is -0.480 e. The summed E-state index contributed by atoms with van der Waals surface area (Å²) in [4.78, 5) is 53.5. The predicted octanol–water partition coefficient (Wildman–Crippen LogP) is -3.00. The van der Waals surface area contributed by atoms with E-state index in [2.05, 4.69) is 25.7 Å². The Balaban J connectivity index is 0.000000439. The van der Waals surface area contributed by atoms with Crippen molar-refractivity contribution in [2.24, 2.45) is 22.9 Å². The van der Waals surface area contributed by atoms with Crippen molar-refractivity contribution < 1.29 is 34.5 Å². The van der Waals surface area contributed by atoms with Gasteiger partial charge < -0.3 is 48.2 Å². The lowest BCUT2D eigenvalue weighted by Gasteiger charge is -2.01. The average Bonchev–Trinajstić information content (AvgIpc) is 3.36. The van der Waals surface area contributed by atoms with Gasteiger partial charge in [0.1, 0.15) is 18.1 Å². The lowest BCUT2D eigenvalue weighted by atomic mass is 10.2. The number of nitrogens with two attached hydrogens (primary N) is 4. The van der Waals surface area contributed by atoms with Crippen molar-refractivity contribution in [2.45, 2.75) is 37.4 Å². The van der Waals surface area contributed by atoms with Crippen LogP contribution < -0.4 is 22.9 Å². The van der Waals surface area contributed by atoms with E-state index < -0.39 is 41.9 Å². The highest BCUT2D eigenvalue weighted by atomic mass is 16.4. The summed E-state index contributed by atoms with van der Waals surface area (Å²) in [7, 11) is 0. The fourth-order valence-electron chi connectivity index (χ4n) is 1.73. The van der Waals surface area contributed by atoms with Crippen molar-refractivity contribution in [3.63, 3.8) is 0 Å². The van der Waals surface area contributed by atoms with E-state index in [9.17, 15) is 19.2 Å². The molecule has 0 fully saturated rings. The molecule has 13 N–H and O–H groups in total. The number of carbonyl (C=O) groups excluding carboxylic acids is 1. The van der Waals surface area contributed by atoms with Crippen molar-refractivity contribution in [1.29, 1.82) is 0 Å². The quantitative estimate of drug-likeness (QED) is 0.188. The number of amides is 1. The summed E-state index contributed by atoms with van der Waals surface area (Å²) in [5, 5.41) is 24.9. The van der Waals surface area contributed by atoms with Gasteiger partial charge in [0.15, 0.2) is 0 Å². The minimum atomic E-state index is -1.21. The van der Waals surface area contributed by atoms with Crippen LogP contribution >= 0.6 is 0 Å². The van der Waals surface area contributed by atoms with Crippen molar-refractivity contribution in [3.8, 4) is 0 Å². The predicted molar refractivity (Wildman–Crippen MR) is 105 cm³/mol. The summed E-state index contributed by atoms with van der Waals surface area (Å²) in [6.45, 7) is 0. The Morgan fingerprint density at radius 3 is 1.32 bits per heavy atom. The van der Waals surface area contributed by atoms with Gasteiger partial charge in [-0.05, 0) is 0 Å². The Morgan fingerprint density at radius 2 is 1.13 bits per heavy atom. The molecule has 0 aliphatic rings. The molecular formula is C16H26N8O7. The molecule has 0 saturated carbocycles. The first kappa shape index (κ1) is 27.2. The molecule has 0 aliphatic heterocycles. The summed E-state index contributed by atoms with van der Waals surface area (Å²) in [5.41, 5.74) is 21.4. The molecule has 2 aromatic heterocycles. The zero-order valence-corrected chi connectivity index (χ0v) is 16.3. The second-order valence-electron chi connectivity index (χ2n) is 6.03. The molecule has 1 amide bonds. The zero-order valence-electron chi connectivity index (χ0n) is 16.3. The van der Waals surface area contributed by atoms with E-state index in [-0.39, 0.29) is 19.3 Å². The largest absolute Gasteiger partial charge is 0.480 e. The van der Waals surface area contributed by atoms with Gasteiger partial charge >= 0.3 is 17.9 Å². The van der Waals surface area contributed by atoms with Gasteiger partial charge in [-0.3, -0.25) is 19.2 Å². The molecule has 15 heteroatoms. The third-order valence-corrected chi connectivity index (χ3v) is 3.34. The number of aromatic amines is 2. The molecule has 3 unspecified atom stereocenters. The van der Waals surface area contributed by atoms with Gasteiger partial charge in [0.25, 0.3) is 0 Å². The molecule has 2 rings (SSSR count). The van der Waals surface area contributed by atoms with Crippen LogP contribution in [0, 0.1) is 0 Å². The topological polar surface area (TPSA) is 290 Å². The average molecular weight is 442 g/mol. The van der Waals surface area contributed by atoms with Crippen LogP contribution in [0.15, 0.2) is 25.0 Å². The Hall–Kier alpha value is -3.82. The van der Waals surface area contributed by atoms with E-state index in [1.54, 1.807) is 12.4 Å². The highest BCUT2D eigenvalue weighted by molar-refractivity contribution is 5.83. The summed E-state index contributed by atoms with van der Waals surface area (Å²) < 4.78 is 0. The normalized spacial score (nSPS) is 12.7. The van der Waals surface area contributed by atoms with E-state index in [0.29, 0.717) is 11.4 Å². The van der Waals surface area contributed by atoms with Crippen molar-refractivity contribution in [1.82, 2.24) is 19.9 Å². The van der Waals surface area contributed by atoms with Crippen LogP contribution in [-0.2, 0) is 32.0 Å². The number of aliphatic carboxylic acids is 3. The van der Waals surface area contributed by atoms with Gasteiger partial charge in [-0.1, -0.05) is 0 Å². The van der Waals surface area contributed by atoms with Crippen LogP contribution in [0.3, 0.4) is 0 Å². The van der Waals surface area contributed by atoms with Gasteiger partial charge in [0.05, 0.1) is 30.5 Å². The molecule has 0 bridgehead atoms. The molecule has 3 atom stereocenters. The second kappa shape index (κ2) is 14.2. The fourth-order valence-corrected chi connectivity index (χ4v) is 1.73. The summed E-state index contributed by atoms with van der Waals surface area (Å²) in [6, 6.07) is -2.89. The number of hydrogen-bond acceptors (Lipinski definition) is 9. The van der Waals surface area contributed by atoms with Gasteiger partial charge in [-0.15, -0.1) is 0 Å². The minimum absolute atomic E-state index is 0.263. The van der Waals surface area contributed by atoms with Crippen LogP contribution in [0.5, 0.6) is 0 Å². The number of hydrogen-bond donors (Lipinski definition) is 9. The molecule has 2 aromatic rings. The zero-order chi connectivity index (χ0) is 24.0. The number of H-pyrrole nitrogens is 2. The van der Waals surface area contributed by atoms with E-state index >= 15 is 0 Å². The summed E-state index contributed by atoms with van der Waals surface area (Å²) in [5.74, 6) is -3.93. The highest BCUT2D eigenvalue weighted by Crippen LogP contribution is 1.96. The molecule has 31 heavy (non-hydrogen) atoms. The van der Waals surface area contributed by atoms with Crippen molar-refractivity contribution >= 4 is 23.8 Å². The first-order valence-corrected chi connectivity index (χ1v) is 8.62. The molecule has 172 valence electrons. The van der Waals surface area contributed by atoms with Crippen LogP contribution in [0.1, 0.15) is 17.8 Å². The molecule has 15 nitrogen and oxygen atoms in total. The van der Waals surface area contributed by atoms with E-state index in [4.69, 9.17) is 32.5 Å². The number of carboxylic acid groups (broad SMARTS) is 3. The van der Waals surface area contributed by atoms with Gasteiger partial charge in [0, 0.05) is 25.2 Å². The molecule has 0 aliphatic carbocycles. The summed E-state index contributed by atoms with van der Waals surface area (Å²) in [6.07, 6.45) is 6.45. The molecular weight excluding hydrogens is 416 g/mol. The lowest BCUT2D eigenvalue weighted by Crippen LogP contribution is -2.34. The first-order chi connectivity index (χ1) is 14.4. The highest BCUT2D eigenvalue weighted by Gasteiger charge is 2.14.